The van der Waals surface area contributed by atoms with Crippen molar-refractivity contribution in [2.45, 2.75) is 104 Å². The Labute approximate surface area is 249 Å². The topological polar surface area (TPSA) is 17.1 Å². The van der Waals surface area contributed by atoms with E-state index in [0.29, 0.717) is 0 Å². The lowest BCUT2D eigenvalue weighted by molar-refractivity contribution is 0.104. The van der Waals surface area contributed by atoms with Crippen molar-refractivity contribution >= 4 is 28.5 Å². The molecule has 1 nitrogen and oxygen atoms in total. The predicted octanol–water partition coefficient (Wildman–Crippen LogP) is 12.2. The van der Waals surface area contributed by atoms with E-state index in [-0.39, 0.29) is 5.78 Å². The zero-order valence-corrected chi connectivity index (χ0v) is 26.0. The summed E-state index contributed by atoms with van der Waals surface area (Å²) in [6, 6.07) is 22.0. The molecule has 0 saturated carbocycles. The number of aryl methyl sites for hydroxylation is 2. The van der Waals surface area contributed by atoms with Crippen LogP contribution in [0.15, 0.2) is 60.7 Å². The Morgan fingerprint density at radius 3 is 1.35 bits per heavy atom. The number of hydrogen-bond donors (Lipinski definition) is 0. The van der Waals surface area contributed by atoms with E-state index in [1.54, 1.807) is 0 Å². The van der Waals surface area contributed by atoms with Crippen LogP contribution in [0.2, 0.25) is 0 Å². The van der Waals surface area contributed by atoms with E-state index in [4.69, 9.17) is 0 Å². The fourth-order valence-corrected chi connectivity index (χ4v) is 7.97. The molecule has 0 radical (unpaired) electrons. The molecule has 0 spiro atoms. The Morgan fingerprint density at radius 1 is 0.475 bits per heavy atom. The molecule has 0 amide bonds. The van der Waals surface area contributed by atoms with Crippen LogP contribution in [0.25, 0.3) is 32.0 Å². The molecule has 40 heavy (non-hydrogen) atoms. The number of fused-ring (bicyclic) bond motifs is 3. The van der Waals surface area contributed by atoms with Gasteiger partial charge in [0.2, 0.25) is 0 Å². The van der Waals surface area contributed by atoms with Crippen LogP contribution in [-0.2, 0) is 12.8 Å². The van der Waals surface area contributed by atoms with Gasteiger partial charge in [-0.25, -0.2) is 0 Å². The van der Waals surface area contributed by atoms with Gasteiger partial charge in [-0.3, -0.25) is 4.79 Å². The van der Waals surface area contributed by atoms with Gasteiger partial charge in [-0.05, 0) is 84.3 Å². The number of benzene rings is 2. The smallest absolute Gasteiger partial charge is 0.194 e. The zero-order chi connectivity index (χ0) is 27.7. The maximum atomic E-state index is 13.6. The number of ketones is 1. The van der Waals surface area contributed by atoms with Gasteiger partial charge in [0, 0.05) is 30.6 Å². The van der Waals surface area contributed by atoms with E-state index in [1.165, 1.54) is 96.6 Å². The molecule has 2 aromatic carbocycles. The fourth-order valence-electron chi connectivity index (χ4n) is 5.88. The third-order valence-corrected chi connectivity index (χ3v) is 10.7. The third kappa shape index (κ3) is 7.04. The molecule has 0 fully saturated rings. The lowest BCUT2D eigenvalue weighted by Crippen LogP contribution is -1.95. The highest BCUT2D eigenvalue weighted by molar-refractivity contribution is 7.15. The van der Waals surface area contributed by atoms with Crippen LogP contribution < -0.4 is 0 Å². The molecule has 2 aromatic heterocycles. The second kappa shape index (κ2) is 14.4. The van der Waals surface area contributed by atoms with Crippen LogP contribution in [0.3, 0.4) is 0 Å². The van der Waals surface area contributed by atoms with Crippen LogP contribution in [-0.4, -0.2) is 5.78 Å². The molecular formula is C37H44OS2. The summed E-state index contributed by atoms with van der Waals surface area (Å²) in [6.45, 7) is 4.54. The van der Waals surface area contributed by atoms with Crippen LogP contribution in [0, 0.1) is 0 Å². The number of thiophene rings is 2. The number of hydrogen-bond acceptors (Lipinski definition) is 3. The van der Waals surface area contributed by atoms with Gasteiger partial charge in [0.25, 0.3) is 0 Å². The van der Waals surface area contributed by atoms with Crippen molar-refractivity contribution in [1.82, 2.24) is 0 Å². The Kier molecular flexibility index (Phi) is 10.5. The summed E-state index contributed by atoms with van der Waals surface area (Å²) in [7, 11) is 0. The molecule has 0 unspecified atom stereocenters. The summed E-state index contributed by atoms with van der Waals surface area (Å²) >= 11 is 3.77. The van der Waals surface area contributed by atoms with E-state index in [2.05, 4.69) is 74.5 Å². The minimum atomic E-state index is 0.168. The van der Waals surface area contributed by atoms with Crippen molar-refractivity contribution in [2.24, 2.45) is 0 Å². The van der Waals surface area contributed by atoms with Gasteiger partial charge >= 0.3 is 0 Å². The standard InChI is InChI=1S/C37H44OS2/c1-3-5-7-9-11-13-15-29-19-23-35(39-29)27-17-21-31-32-22-18-28(26-34(32)37(38)33(31)25-27)36-24-20-30(40-36)16-14-12-10-8-6-4-2/h17-26H,3-16H2,1-2H3. The average molecular weight is 569 g/mol. The maximum absolute atomic E-state index is 13.6. The Balaban J connectivity index is 1.22. The van der Waals surface area contributed by atoms with Crippen molar-refractivity contribution in [2.75, 3.05) is 0 Å². The SMILES string of the molecule is CCCCCCCCc1ccc(-c2ccc3c(c2)C(=O)c2cc(-c4ccc(CCCCCCCC)s4)ccc2-3)s1. The first-order valence-electron chi connectivity index (χ1n) is 15.7. The van der Waals surface area contributed by atoms with Crippen LogP contribution in [0.4, 0.5) is 0 Å². The first-order valence-corrected chi connectivity index (χ1v) is 17.3. The minimum absolute atomic E-state index is 0.168. The van der Waals surface area contributed by atoms with E-state index in [1.807, 2.05) is 22.7 Å². The average Bonchev–Trinajstić information content (AvgIpc) is 3.71. The van der Waals surface area contributed by atoms with Gasteiger partial charge in [0.05, 0.1) is 0 Å². The van der Waals surface area contributed by atoms with Gasteiger partial charge in [0.15, 0.2) is 5.78 Å². The lowest BCUT2D eigenvalue weighted by atomic mass is 10.0. The third-order valence-electron chi connectivity index (χ3n) is 8.26. The first kappa shape index (κ1) is 29.0. The van der Waals surface area contributed by atoms with E-state index in [0.717, 1.165) is 46.2 Å². The lowest BCUT2D eigenvalue weighted by Gasteiger charge is -2.04. The highest BCUT2D eigenvalue weighted by Crippen LogP contribution is 2.42. The minimum Gasteiger partial charge on any atom is -0.289 e. The van der Waals surface area contributed by atoms with E-state index < -0.39 is 0 Å². The Morgan fingerprint density at radius 2 is 0.900 bits per heavy atom. The highest BCUT2D eigenvalue weighted by atomic mass is 32.1. The van der Waals surface area contributed by atoms with Gasteiger partial charge in [0.1, 0.15) is 0 Å². The van der Waals surface area contributed by atoms with E-state index >= 15 is 0 Å². The molecule has 2 heterocycles. The number of unbranched alkanes of at least 4 members (excludes halogenated alkanes) is 10. The van der Waals surface area contributed by atoms with E-state index in [9.17, 15) is 4.79 Å². The number of carbonyl (C=O) groups is 1. The predicted molar refractivity (Wildman–Crippen MR) is 176 cm³/mol. The second-order valence-electron chi connectivity index (χ2n) is 11.4. The summed E-state index contributed by atoms with van der Waals surface area (Å²) in [4.78, 5) is 19.0. The highest BCUT2D eigenvalue weighted by Gasteiger charge is 2.27. The first-order chi connectivity index (χ1) is 19.7. The molecular weight excluding hydrogens is 525 g/mol. The van der Waals surface area contributed by atoms with Crippen LogP contribution in [0.1, 0.15) is 117 Å². The van der Waals surface area contributed by atoms with Gasteiger partial charge in [-0.15, -0.1) is 22.7 Å². The summed E-state index contributed by atoms with van der Waals surface area (Å²) in [6.07, 6.45) is 18.3. The van der Waals surface area contributed by atoms with Gasteiger partial charge in [-0.2, -0.15) is 0 Å². The van der Waals surface area contributed by atoms with Crippen LogP contribution in [0.5, 0.6) is 0 Å². The molecule has 1 aliphatic carbocycles. The summed E-state index contributed by atoms with van der Waals surface area (Å²) in [5.74, 6) is 0.168. The molecule has 0 aliphatic heterocycles. The molecule has 210 valence electrons. The molecule has 4 aromatic rings. The molecule has 5 rings (SSSR count). The molecule has 0 bridgehead atoms. The van der Waals surface area contributed by atoms with Crippen molar-refractivity contribution in [1.29, 1.82) is 0 Å². The molecule has 3 heteroatoms. The second-order valence-corrected chi connectivity index (χ2v) is 13.8. The monoisotopic (exact) mass is 568 g/mol. The summed E-state index contributed by atoms with van der Waals surface area (Å²) in [5.41, 5.74) is 6.19. The number of carbonyl (C=O) groups excluding carboxylic acids is 1. The summed E-state index contributed by atoms with van der Waals surface area (Å²) in [5, 5.41) is 0. The fraction of sp³-hybridized carbons (Fsp3) is 0.432. The largest absolute Gasteiger partial charge is 0.289 e. The van der Waals surface area contributed by atoms with Crippen molar-refractivity contribution in [3.8, 4) is 32.0 Å². The maximum Gasteiger partial charge on any atom is 0.194 e. The normalized spacial score (nSPS) is 12.2. The molecule has 0 N–H and O–H groups in total. The van der Waals surface area contributed by atoms with Gasteiger partial charge in [-0.1, -0.05) is 102 Å². The summed E-state index contributed by atoms with van der Waals surface area (Å²) < 4.78 is 0. The van der Waals surface area contributed by atoms with Crippen molar-refractivity contribution in [3.05, 3.63) is 81.5 Å². The number of rotatable bonds is 16. The Bertz CT molecular complexity index is 1300. The van der Waals surface area contributed by atoms with Crippen LogP contribution >= 0.6 is 22.7 Å². The quantitative estimate of drug-likeness (QED) is 0.108. The van der Waals surface area contributed by atoms with Gasteiger partial charge < -0.3 is 0 Å². The Hall–Kier alpha value is -2.49. The zero-order valence-electron chi connectivity index (χ0n) is 24.4. The molecule has 0 atom stereocenters. The van der Waals surface area contributed by atoms with Crippen molar-refractivity contribution < 1.29 is 4.79 Å². The molecule has 1 aliphatic rings. The molecule has 0 saturated heterocycles. The van der Waals surface area contributed by atoms with Crippen molar-refractivity contribution in [3.63, 3.8) is 0 Å².